The van der Waals surface area contributed by atoms with Crippen LogP contribution in [0, 0.1) is 0 Å². The molecule has 2 nitrogen and oxygen atoms in total. The number of piperazine rings is 1. The van der Waals surface area contributed by atoms with Crippen molar-refractivity contribution in [3.63, 3.8) is 0 Å². The fourth-order valence-electron chi connectivity index (χ4n) is 2.16. The number of rotatable bonds is 2. The van der Waals surface area contributed by atoms with Gasteiger partial charge in [0.05, 0.1) is 0 Å². The summed E-state index contributed by atoms with van der Waals surface area (Å²) in [7, 11) is 0. The molecule has 1 heterocycles. The Labute approximate surface area is 131 Å². The number of hydrogen-bond donors (Lipinski definition) is 1. The van der Waals surface area contributed by atoms with Crippen LogP contribution in [0.5, 0.6) is 0 Å². The molecule has 104 valence electrons. The third-order valence-corrected chi connectivity index (χ3v) is 3.78. The zero-order chi connectivity index (χ0) is 11.5. The van der Waals surface area contributed by atoms with E-state index in [1.54, 1.807) is 0 Å². The van der Waals surface area contributed by atoms with Crippen molar-refractivity contribution >= 4 is 48.0 Å². The van der Waals surface area contributed by atoms with Crippen LogP contribution in [0.25, 0.3) is 0 Å². The Kier molecular flexibility index (Phi) is 8.61. The van der Waals surface area contributed by atoms with E-state index in [-0.39, 0.29) is 30.9 Å². The van der Waals surface area contributed by atoms with Crippen LogP contribution in [0.3, 0.4) is 0 Å². The molecule has 0 saturated carbocycles. The highest BCUT2D eigenvalue weighted by molar-refractivity contribution is 6.36. The summed E-state index contributed by atoms with van der Waals surface area (Å²) in [4.78, 5) is 2.41. The Balaban J connectivity index is 0.00000144. The van der Waals surface area contributed by atoms with E-state index < -0.39 is 0 Å². The Morgan fingerprint density at radius 3 is 2.11 bits per heavy atom. The second kappa shape index (κ2) is 8.47. The van der Waals surface area contributed by atoms with Gasteiger partial charge in [-0.3, -0.25) is 4.90 Å². The van der Waals surface area contributed by atoms with E-state index in [2.05, 4.69) is 17.1 Å². The van der Waals surface area contributed by atoms with Crippen molar-refractivity contribution in [1.29, 1.82) is 0 Å². The van der Waals surface area contributed by atoms with Crippen molar-refractivity contribution in [1.82, 2.24) is 10.2 Å². The van der Waals surface area contributed by atoms with Gasteiger partial charge < -0.3 is 5.32 Å². The van der Waals surface area contributed by atoms with Crippen LogP contribution < -0.4 is 5.32 Å². The van der Waals surface area contributed by atoms with Gasteiger partial charge in [0.25, 0.3) is 0 Å². The van der Waals surface area contributed by atoms with Crippen LogP contribution in [0.15, 0.2) is 18.2 Å². The van der Waals surface area contributed by atoms with E-state index in [1.165, 1.54) is 0 Å². The molecule has 1 aromatic rings. The second-order valence-corrected chi connectivity index (χ2v) is 4.91. The van der Waals surface area contributed by atoms with Crippen molar-refractivity contribution in [3.8, 4) is 0 Å². The van der Waals surface area contributed by atoms with Crippen LogP contribution in [-0.2, 0) is 0 Å². The van der Waals surface area contributed by atoms with E-state index in [0.29, 0.717) is 0 Å². The van der Waals surface area contributed by atoms with E-state index >= 15 is 0 Å². The lowest BCUT2D eigenvalue weighted by atomic mass is 10.1. The van der Waals surface area contributed by atoms with Crippen molar-refractivity contribution in [2.45, 2.75) is 13.0 Å². The molecule has 0 spiro atoms. The Hall–Kier alpha value is 0.300. The van der Waals surface area contributed by atoms with Crippen LogP contribution in [0.2, 0.25) is 10.0 Å². The van der Waals surface area contributed by atoms with Gasteiger partial charge in [-0.25, -0.2) is 0 Å². The maximum atomic E-state index is 6.22. The zero-order valence-corrected chi connectivity index (χ0v) is 13.3. The minimum atomic E-state index is 0. The summed E-state index contributed by atoms with van der Waals surface area (Å²) in [5, 5.41) is 4.87. The van der Waals surface area contributed by atoms with Gasteiger partial charge in [0.15, 0.2) is 0 Å². The molecule has 1 aliphatic heterocycles. The Bertz CT molecular complexity index is 347. The van der Waals surface area contributed by atoms with Crippen LogP contribution in [0.1, 0.15) is 18.5 Å². The highest BCUT2D eigenvalue weighted by Crippen LogP contribution is 2.33. The normalized spacial score (nSPS) is 17.5. The predicted octanol–water partition coefficient (Wildman–Crippen LogP) is 3.80. The zero-order valence-electron chi connectivity index (χ0n) is 10.2. The number of hydrogen-bond acceptors (Lipinski definition) is 2. The predicted molar refractivity (Wildman–Crippen MR) is 83.8 cm³/mol. The summed E-state index contributed by atoms with van der Waals surface area (Å²) in [5.74, 6) is 0. The van der Waals surface area contributed by atoms with E-state index in [1.807, 2.05) is 18.2 Å². The molecule has 2 rings (SSSR count). The monoisotopic (exact) mass is 330 g/mol. The average molecular weight is 332 g/mol. The van der Waals surface area contributed by atoms with Crippen molar-refractivity contribution in [2.75, 3.05) is 26.2 Å². The minimum absolute atomic E-state index is 0. The molecule has 0 bridgehead atoms. The quantitative estimate of drug-likeness (QED) is 0.886. The Morgan fingerprint density at radius 2 is 1.61 bits per heavy atom. The third kappa shape index (κ3) is 4.16. The van der Waals surface area contributed by atoms with Crippen molar-refractivity contribution < 1.29 is 0 Å². The first-order valence-electron chi connectivity index (χ1n) is 5.59. The number of nitrogens with zero attached hydrogens (tertiary/aromatic N) is 1. The van der Waals surface area contributed by atoms with Gasteiger partial charge in [0.2, 0.25) is 0 Å². The molecule has 0 unspecified atom stereocenters. The summed E-state index contributed by atoms with van der Waals surface area (Å²) in [6.45, 7) is 6.32. The number of nitrogens with one attached hydrogen (secondary N) is 1. The molecule has 1 atom stereocenters. The lowest BCUT2D eigenvalue weighted by molar-refractivity contribution is 0.185. The van der Waals surface area contributed by atoms with E-state index in [4.69, 9.17) is 23.2 Å². The molecule has 1 fully saturated rings. The molecule has 1 aliphatic rings. The lowest BCUT2D eigenvalue weighted by Gasteiger charge is -2.33. The standard InChI is InChI=1S/C12H16Cl2N2.2ClH/c1-9(16-7-5-15-6-8-16)12-10(13)3-2-4-11(12)14;;/h2-4,9,15H,5-8H2,1H3;2*1H/t9-;;/m1../s1. The van der Waals surface area contributed by atoms with Gasteiger partial charge >= 0.3 is 0 Å². The topological polar surface area (TPSA) is 15.3 Å². The molecule has 1 aromatic carbocycles. The molecular formula is C12H18Cl4N2. The minimum Gasteiger partial charge on any atom is -0.314 e. The average Bonchev–Trinajstić information content (AvgIpc) is 2.30. The van der Waals surface area contributed by atoms with Gasteiger partial charge in [-0.05, 0) is 19.1 Å². The van der Waals surface area contributed by atoms with Crippen molar-refractivity contribution in [2.24, 2.45) is 0 Å². The van der Waals surface area contributed by atoms with E-state index in [0.717, 1.165) is 41.8 Å². The van der Waals surface area contributed by atoms with Gasteiger partial charge in [0.1, 0.15) is 0 Å². The highest BCUT2D eigenvalue weighted by atomic mass is 35.5. The number of benzene rings is 1. The number of halogens is 4. The Morgan fingerprint density at radius 1 is 1.11 bits per heavy atom. The largest absolute Gasteiger partial charge is 0.314 e. The molecular weight excluding hydrogens is 314 g/mol. The molecule has 18 heavy (non-hydrogen) atoms. The van der Waals surface area contributed by atoms with Crippen molar-refractivity contribution in [3.05, 3.63) is 33.8 Å². The van der Waals surface area contributed by atoms with Crippen LogP contribution in [-0.4, -0.2) is 31.1 Å². The first-order chi connectivity index (χ1) is 7.70. The molecule has 6 heteroatoms. The van der Waals surface area contributed by atoms with Crippen LogP contribution in [0.4, 0.5) is 0 Å². The summed E-state index contributed by atoms with van der Waals surface area (Å²) >= 11 is 12.4. The smallest absolute Gasteiger partial charge is 0.0468 e. The third-order valence-electron chi connectivity index (χ3n) is 3.12. The van der Waals surface area contributed by atoms with Gasteiger partial charge in [-0.15, -0.1) is 24.8 Å². The first kappa shape index (κ1) is 18.3. The fraction of sp³-hybridized carbons (Fsp3) is 0.500. The van der Waals surface area contributed by atoms with Gasteiger partial charge in [0, 0.05) is 47.8 Å². The molecule has 0 radical (unpaired) electrons. The molecule has 1 N–H and O–H groups in total. The first-order valence-corrected chi connectivity index (χ1v) is 6.34. The summed E-state index contributed by atoms with van der Waals surface area (Å²) in [5.41, 5.74) is 1.05. The second-order valence-electron chi connectivity index (χ2n) is 4.10. The van der Waals surface area contributed by atoms with Gasteiger partial charge in [-0.2, -0.15) is 0 Å². The SMILES string of the molecule is C[C@H](c1c(Cl)cccc1Cl)N1CCNCC1.Cl.Cl. The lowest BCUT2D eigenvalue weighted by Crippen LogP contribution is -2.44. The fourth-order valence-corrected chi connectivity index (χ4v) is 2.88. The van der Waals surface area contributed by atoms with Gasteiger partial charge in [-0.1, -0.05) is 29.3 Å². The maximum Gasteiger partial charge on any atom is 0.0468 e. The summed E-state index contributed by atoms with van der Waals surface area (Å²) in [6, 6.07) is 5.98. The van der Waals surface area contributed by atoms with Crippen LogP contribution >= 0.6 is 48.0 Å². The maximum absolute atomic E-state index is 6.22. The van der Waals surface area contributed by atoms with E-state index in [9.17, 15) is 0 Å². The molecule has 1 saturated heterocycles. The summed E-state index contributed by atoms with van der Waals surface area (Å²) in [6.07, 6.45) is 0. The molecule has 0 aromatic heterocycles. The highest BCUT2D eigenvalue weighted by Gasteiger charge is 2.21. The molecule has 0 aliphatic carbocycles. The molecule has 0 amide bonds. The summed E-state index contributed by atoms with van der Waals surface area (Å²) < 4.78 is 0.